The van der Waals surface area contributed by atoms with Crippen LogP contribution in [0.15, 0.2) is 0 Å². The lowest BCUT2D eigenvalue weighted by atomic mass is 9.92. The van der Waals surface area contributed by atoms with E-state index in [1.807, 2.05) is 0 Å². The summed E-state index contributed by atoms with van der Waals surface area (Å²) in [6, 6.07) is 0. The first-order valence-electron chi connectivity index (χ1n) is 6.96. The topological polar surface area (TPSA) is 41.1 Å². The van der Waals surface area contributed by atoms with Crippen molar-refractivity contribution in [2.75, 3.05) is 25.0 Å². The Kier molecular flexibility index (Phi) is 4.95. The molecule has 0 aromatic carbocycles. The van der Waals surface area contributed by atoms with Crippen molar-refractivity contribution < 1.29 is 0 Å². The van der Waals surface area contributed by atoms with Crippen LogP contribution in [0.1, 0.15) is 39.3 Å². The maximum atomic E-state index is 4.28. The summed E-state index contributed by atoms with van der Waals surface area (Å²) in [6.07, 6.45) is 2.49. The molecule has 2 rings (SSSR count). The predicted octanol–water partition coefficient (Wildman–Crippen LogP) is 2.84. The largest absolute Gasteiger partial charge is 0.374 e. The number of rotatable bonds is 5. The standard InChI is InChI=1S/C13H24N4S/c1-4-5-14-13-12(15-16-18-13)9-17-7-10(2)6-11(3)8-17/h10-11,14H,4-9H2,1-3H3. The molecule has 4 nitrogen and oxygen atoms in total. The Labute approximate surface area is 114 Å². The van der Waals surface area contributed by atoms with Gasteiger partial charge in [-0.05, 0) is 24.7 Å². The van der Waals surface area contributed by atoms with Gasteiger partial charge in [0.2, 0.25) is 0 Å². The quantitative estimate of drug-likeness (QED) is 0.891. The molecule has 1 fully saturated rings. The van der Waals surface area contributed by atoms with Gasteiger partial charge in [0.15, 0.2) is 0 Å². The van der Waals surface area contributed by atoms with E-state index in [1.165, 1.54) is 31.0 Å². The highest BCUT2D eigenvalue weighted by atomic mass is 32.1. The van der Waals surface area contributed by atoms with E-state index in [0.717, 1.165) is 42.0 Å². The van der Waals surface area contributed by atoms with Crippen molar-refractivity contribution >= 4 is 16.5 Å². The molecule has 0 spiro atoms. The van der Waals surface area contributed by atoms with Crippen LogP contribution in [0.5, 0.6) is 0 Å². The van der Waals surface area contributed by atoms with E-state index in [9.17, 15) is 0 Å². The van der Waals surface area contributed by atoms with E-state index < -0.39 is 0 Å². The van der Waals surface area contributed by atoms with Gasteiger partial charge < -0.3 is 5.32 Å². The number of hydrogen-bond donors (Lipinski definition) is 1. The van der Waals surface area contributed by atoms with E-state index >= 15 is 0 Å². The number of nitrogens with one attached hydrogen (secondary N) is 1. The van der Waals surface area contributed by atoms with Crippen molar-refractivity contribution in [2.45, 2.75) is 40.2 Å². The molecule has 1 aromatic heterocycles. The average molecular weight is 268 g/mol. The molecule has 2 heterocycles. The van der Waals surface area contributed by atoms with Crippen LogP contribution in [0.2, 0.25) is 0 Å². The lowest BCUT2D eigenvalue weighted by Crippen LogP contribution is -2.38. The summed E-state index contributed by atoms with van der Waals surface area (Å²) in [5.74, 6) is 1.60. The Bertz CT molecular complexity index is 356. The van der Waals surface area contributed by atoms with Gasteiger partial charge in [-0.2, -0.15) is 0 Å². The predicted molar refractivity (Wildman–Crippen MR) is 76.9 cm³/mol. The molecule has 1 aromatic rings. The highest BCUT2D eigenvalue weighted by Gasteiger charge is 2.23. The minimum atomic E-state index is 0.799. The summed E-state index contributed by atoms with van der Waals surface area (Å²) in [7, 11) is 0. The third kappa shape index (κ3) is 3.65. The molecular formula is C13H24N4S. The molecule has 18 heavy (non-hydrogen) atoms. The molecule has 2 atom stereocenters. The van der Waals surface area contributed by atoms with Crippen molar-refractivity contribution in [3.8, 4) is 0 Å². The molecule has 1 N–H and O–H groups in total. The second kappa shape index (κ2) is 6.48. The third-order valence-electron chi connectivity index (χ3n) is 3.41. The zero-order chi connectivity index (χ0) is 13.0. The van der Waals surface area contributed by atoms with Crippen molar-refractivity contribution in [1.29, 1.82) is 0 Å². The van der Waals surface area contributed by atoms with Crippen LogP contribution in [0, 0.1) is 11.8 Å². The minimum absolute atomic E-state index is 0.799. The van der Waals surface area contributed by atoms with Crippen LogP contribution < -0.4 is 5.32 Å². The number of anilines is 1. The second-order valence-electron chi connectivity index (χ2n) is 5.62. The van der Waals surface area contributed by atoms with Gasteiger partial charge in [-0.1, -0.05) is 25.3 Å². The van der Waals surface area contributed by atoms with Crippen LogP contribution in [-0.2, 0) is 6.54 Å². The third-order valence-corrected chi connectivity index (χ3v) is 4.13. The minimum Gasteiger partial charge on any atom is -0.374 e. The molecule has 0 amide bonds. The summed E-state index contributed by atoms with van der Waals surface area (Å²) < 4.78 is 4.08. The van der Waals surface area contributed by atoms with Crippen LogP contribution in [0.3, 0.4) is 0 Å². The van der Waals surface area contributed by atoms with E-state index in [2.05, 4.69) is 40.6 Å². The summed E-state index contributed by atoms with van der Waals surface area (Å²) in [6.45, 7) is 11.2. The number of piperidine rings is 1. The zero-order valence-electron chi connectivity index (χ0n) is 11.6. The molecule has 1 aliphatic rings. The lowest BCUT2D eigenvalue weighted by molar-refractivity contribution is 0.133. The SMILES string of the molecule is CCCNc1snnc1CN1CC(C)CC(C)C1. The van der Waals surface area contributed by atoms with Crippen molar-refractivity contribution in [1.82, 2.24) is 14.5 Å². The van der Waals surface area contributed by atoms with Crippen molar-refractivity contribution in [3.05, 3.63) is 5.69 Å². The molecule has 0 bridgehead atoms. The fourth-order valence-electron chi connectivity index (χ4n) is 2.82. The summed E-state index contributed by atoms with van der Waals surface area (Å²) in [4.78, 5) is 2.52. The Balaban J connectivity index is 1.94. The Morgan fingerprint density at radius 1 is 1.33 bits per heavy atom. The van der Waals surface area contributed by atoms with Gasteiger partial charge in [-0.15, -0.1) is 5.10 Å². The van der Waals surface area contributed by atoms with E-state index in [4.69, 9.17) is 0 Å². The first kappa shape index (κ1) is 13.7. The van der Waals surface area contributed by atoms with E-state index in [0.29, 0.717) is 0 Å². The lowest BCUT2D eigenvalue weighted by Gasteiger charge is -2.34. The van der Waals surface area contributed by atoms with Gasteiger partial charge in [-0.3, -0.25) is 4.90 Å². The maximum absolute atomic E-state index is 4.28. The summed E-state index contributed by atoms with van der Waals surface area (Å²) in [5.41, 5.74) is 1.12. The Morgan fingerprint density at radius 2 is 2.06 bits per heavy atom. The van der Waals surface area contributed by atoms with Crippen LogP contribution in [0.4, 0.5) is 5.00 Å². The Morgan fingerprint density at radius 3 is 2.72 bits per heavy atom. The van der Waals surface area contributed by atoms with E-state index in [1.54, 1.807) is 0 Å². The fraction of sp³-hybridized carbons (Fsp3) is 0.846. The van der Waals surface area contributed by atoms with Gasteiger partial charge in [0.05, 0.1) is 0 Å². The number of nitrogens with zero attached hydrogens (tertiary/aromatic N) is 3. The van der Waals surface area contributed by atoms with Crippen LogP contribution in [-0.4, -0.2) is 34.1 Å². The number of likely N-dealkylation sites (tertiary alicyclic amines) is 1. The van der Waals surface area contributed by atoms with Crippen LogP contribution in [0.25, 0.3) is 0 Å². The zero-order valence-corrected chi connectivity index (χ0v) is 12.5. The molecule has 2 unspecified atom stereocenters. The van der Waals surface area contributed by atoms with Gasteiger partial charge in [-0.25, -0.2) is 0 Å². The van der Waals surface area contributed by atoms with Crippen LogP contribution >= 0.6 is 11.5 Å². The molecule has 1 aliphatic heterocycles. The van der Waals surface area contributed by atoms with Crippen molar-refractivity contribution in [3.63, 3.8) is 0 Å². The monoisotopic (exact) mass is 268 g/mol. The van der Waals surface area contributed by atoms with Gasteiger partial charge in [0.25, 0.3) is 0 Å². The number of aromatic nitrogens is 2. The molecule has 102 valence electrons. The molecule has 0 saturated carbocycles. The number of hydrogen-bond acceptors (Lipinski definition) is 5. The maximum Gasteiger partial charge on any atom is 0.134 e. The van der Waals surface area contributed by atoms with Gasteiger partial charge in [0, 0.05) is 37.7 Å². The Hall–Kier alpha value is -0.680. The smallest absolute Gasteiger partial charge is 0.134 e. The molecular weight excluding hydrogens is 244 g/mol. The molecule has 0 aliphatic carbocycles. The first-order chi connectivity index (χ1) is 8.69. The normalized spacial score (nSPS) is 25.3. The fourth-order valence-corrected chi connectivity index (χ4v) is 3.42. The molecule has 1 saturated heterocycles. The highest BCUT2D eigenvalue weighted by Crippen LogP contribution is 2.25. The summed E-state index contributed by atoms with van der Waals surface area (Å²) in [5, 5.41) is 8.85. The van der Waals surface area contributed by atoms with Gasteiger partial charge in [0.1, 0.15) is 10.7 Å². The molecule has 0 radical (unpaired) electrons. The van der Waals surface area contributed by atoms with Crippen molar-refractivity contribution in [2.24, 2.45) is 11.8 Å². The summed E-state index contributed by atoms with van der Waals surface area (Å²) >= 11 is 1.48. The van der Waals surface area contributed by atoms with Gasteiger partial charge >= 0.3 is 0 Å². The average Bonchev–Trinajstić information content (AvgIpc) is 2.72. The second-order valence-corrected chi connectivity index (χ2v) is 6.37. The first-order valence-corrected chi connectivity index (χ1v) is 7.73. The molecule has 5 heteroatoms. The highest BCUT2D eigenvalue weighted by molar-refractivity contribution is 7.10. The van der Waals surface area contributed by atoms with E-state index in [-0.39, 0.29) is 0 Å².